The SMILES string of the molecule is CCOc1ccc(Nc2ncccc2C(=O)NC2CCNC2)cc1. The van der Waals surface area contributed by atoms with Gasteiger partial charge < -0.3 is 20.7 Å². The number of rotatable bonds is 6. The van der Waals surface area contributed by atoms with Crippen molar-refractivity contribution in [2.24, 2.45) is 0 Å². The molecule has 0 aliphatic carbocycles. The van der Waals surface area contributed by atoms with Crippen LogP contribution in [0.15, 0.2) is 42.6 Å². The molecular formula is C18H22N4O2. The Morgan fingerprint density at radius 3 is 2.88 bits per heavy atom. The molecule has 0 saturated carbocycles. The van der Waals surface area contributed by atoms with Crippen LogP contribution in [0.3, 0.4) is 0 Å². The summed E-state index contributed by atoms with van der Waals surface area (Å²) in [5.74, 6) is 1.26. The minimum atomic E-state index is -0.106. The zero-order chi connectivity index (χ0) is 16.8. The smallest absolute Gasteiger partial charge is 0.255 e. The van der Waals surface area contributed by atoms with Crippen LogP contribution in [0.1, 0.15) is 23.7 Å². The Morgan fingerprint density at radius 1 is 1.33 bits per heavy atom. The predicted molar refractivity (Wildman–Crippen MR) is 93.9 cm³/mol. The summed E-state index contributed by atoms with van der Waals surface area (Å²) < 4.78 is 5.43. The van der Waals surface area contributed by atoms with E-state index in [0.717, 1.165) is 30.9 Å². The molecule has 1 aromatic carbocycles. The zero-order valence-corrected chi connectivity index (χ0v) is 13.7. The summed E-state index contributed by atoms with van der Waals surface area (Å²) in [6.07, 6.45) is 2.62. The summed E-state index contributed by atoms with van der Waals surface area (Å²) in [6, 6.07) is 11.3. The van der Waals surface area contributed by atoms with Crippen molar-refractivity contribution in [2.75, 3.05) is 25.0 Å². The summed E-state index contributed by atoms with van der Waals surface area (Å²) in [7, 11) is 0. The highest BCUT2D eigenvalue weighted by atomic mass is 16.5. The summed E-state index contributed by atoms with van der Waals surface area (Å²) in [6.45, 7) is 4.33. The first-order valence-corrected chi connectivity index (χ1v) is 8.22. The van der Waals surface area contributed by atoms with Gasteiger partial charge in [-0.1, -0.05) is 0 Å². The standard InChI is InChI=1S/C18H22N4O2/c1-2-24-15-7-5-13(6-8-15)21-17-16(4-3-10-20-17)18(23)22-14-9-11-19-12-14/h3-8,10,14,19H,2,9,11-12H2,1H3,(H,20,21)(H,22,23). The van der Waals surface area contributed by atoms with Crippen molar-refractivity contribution in [1.82, 2.24) is 15.6 Å². The largest absolute Gasteiger partial charge is 0.494 e. The van der Waals surface area contributed by atoms with Crippen LogP contribution < -0.4 is 20.7 Å². The number of benzene rings is 1. The van der Waals surface area contributed by atoms with E-state index in [4.69, 9.17) is 4.74 Å². The van der Waals surface area contributed by atoms with Gasteiger partial charge in [0.15, 0.2) is 0 Å². The Bertz CT molecular complexity index is 682. The highest BCUT2D eigenvalue weighted by Gasteiger charge is 2.19. The Hall–Kier alpha value is -2.60. The third kappa shape index (κ3) is 4.02. The van der Waals surface area contributed by atoms with Crippen LogP contribution in [-0.4, -0.2) is 36.6 Å². The maximum absolute atomic E-state index is 12.5. The van der Waals surface area contributed by atoms with Gasteiger partial charge in [0.05, 0.1) is 12.2 Å². The summed E-state index contributed by atoms with van der Waals surface area (Å²) in [5.41, 5.74) is 1.40. The molecule has 3 N–H and O–H groups in total. The van der Waals surface area contributed by atoms with Crippen molar-refractivity contribution in [2.45, 2.75) is 19.4 Å². The fraction of sp³-hybridized carbons (Fsp3) is 0.333. The van der Waals surface area contributed by atoms with Gasteiger partial charge in [0.1, 0.15) is 11.6 Å². The highest BCUT2D eigenvalue weighted by molar-refractivity contribution is 5.99. The Morgan fingerprint density at radius 2 is 2.17 bits per heavy atom. The molecule has 2 heterocycles. The van der Waals surface area contributed by atoms with E-state index in [0.29, 0.717) is 18.0 Å². The number of pyridine rings is 1. The Labute approximate surface area is 141 Å². The second kappa shape index (κ2) is 7.79. The van der Waals surface area contributed by atoms with Crippen LogP contribution in [0, 0.1) is 0 Å². The molecule has 1 amide bonds. The highest BCUT2D eigenvalue weighted by Crippen LogP contribution is 2.21. The van der Waals surface area contributed by atoms with Crippen molar-refractivity contribution in [3.05, 3.63) is 48.2 Å². The summed E-state index contributed by atoms with van der Waals surface area (Å²) in [4.78, 5) is 16.8. The average Bonchev–Trinajstić information content (AvgIpc) is 3.10. The molecule has 24 heavy (non-hydrogen) atoms. The van der Waals surface area contributed by atoms with Crippen molar-refractivity contribution in [3.8, 4) is 5.75 Å². The van der Waals surface area contributed by atoms with Crippen molar-refractivity contribution < 1.29 is 9.53 Å². The van der Waals surface area contributed by atoms with Gasteiger partial charge in [0.2, 0.25) is 0 Å². The lowest BCUT2D eigenvalue weighted by atomic mass is 10.2. The molecular weight excluding hydrogens is 304 g/mol. The van der Waals surface area contributed by atoms with Crippen molar-refractivity contribution in [1.29, 1.82) is 0 Å². The van der Waals surface area contributed by atoms with Gasteiger partial charge in [0, 0.05) is 24.5 Å². The number of hydrogen-bond acceptors (Lipinski definition) is 5. The average molecular weight is 326 g/mol. The fourth-order valence-electron chi connectivity index (χ4n) is 2.67. The first-order valence-electron chi connectivity index (χ1n) is 8.22. The Balaban J connectivity index is 1.72. The fourth-order valence-corrected chi connectivity index (χ4v) is 2.67. The van der Waals surface area contributed by atoms with E-state index >= 15 is 0 Å². The molecule has 1 aliphatic rings. The van der Waals surface area contributed by atoms with E-state index in [-0.39, 0.29) is 11.9 Å². The first kappa shape index (κ1) is 16.3. The van der Waals surface area contributed by atoms with Gasteiger partial charge >= 0.3 is 0 Å². The van der Waals surface area contributed by atoms with Crippen molar-refractivity contribution >= 4 is 17.4 Å². The number of ether oxygens (including phenoxy) is 1. The van der Waals surface area contributed by atoms with Gasteiger partial charge in [-0.25, -0.2) is 4.98 Å². The van der Waals surface area contributed by atoms with Gasteiger partial charge in [-0.2, -0.15) is 0 Å². The minimum absolute atomic E-state index is 0.106. The maximum Gasteiger partial charge on any atom is 0.255 e. The molecule has 6 nitrogen and oxygen atoms in total. The molecule has 1 aromatic heterocycles. The van der Waals surface area contributed by atoms with Crippen LogP contribution in [0.5, 0.6) is 5.75 Å². The minimum Gasteiger partial charge on any atom is -0.494 e. The number of nitrogens with one attached hydrogen (secondary N) is 3. The number of carbonyl (C=O) groups excluding carboxylic acids is 1. The summed E-state index contributed by atoms with van der Waals surface area (Å²) in [5, 5.41) is 9.49. The van der Waals surface area contributed by atoms with E-state index in [1.54, 1.807) is 18.3 Å². The lowest BCUT2D eigenvalue weighted by Gasteiger charge is -2.14. The molecule has 1 fully saturated rings. The lowest BCUT2D eigenvalue weighted by molar-refractivity contribution is 0.0940. The number of aromatic nitrogens is 1. The number of hydrogen-bond donors (Lipinski definition) is 3. The maximum atomic E-state index is 12.5. The first-order chi connectivity index (χ1) is 11.8. The molecule has 6 heteroatoms. The summed E-state index contributed by atoms with van der Waals surface area (Å²) >= 11 is 0. The van der Waals surface area contributed by atoms with Crippen LogP contribution in [0.2, 0.25) is 0 Å². The van der Waals surface area contributed by atoms with Crippen LogP contribution in [0.4, 0.5) is 11.5 Å². The molecule has 126 valence electrons. The third-order valence-electron chi connectivity index (χ3n) is 3.88. The van der Waals surface area contributed by atoms with Crippen LogP contribution in [-0.2, 0) is 0 Å². The van der Waals surface area contributed by atoms with Crippen LogP contribution in [0.25, 0.3) is 0 Å². The number of nitrogens with zero attached hydrogens (tertiary/aromatic N) is 1. The van der Waals surface area contributed by atoms with E-state index in [1.807, 2.05) is 31.2 Å². The second-order valence-electron chi connectivity index (χ2n) is 5.65. The molecule has 0 bridgehead atoms. The van der Waals surface area contributed by atoms with E-state index in [1.165, 1.54) is 0 Å². The lowest BCUT2D eigenvalue weighted by Crippen LogP contribution is -2.36. The second-order valence-corrected chi connectivity index (χ2v) is 5.65. The van der Waals surface area contributed by atoms with Gasteiger partial charge in [-0.3, -0.25) is 4.79 Å². The Kier molecular flexibility index (Phi) is 5.28. The topological polar surface area (TPSA) is 75.3 Å². The van der Waals surface area contributed by atoms with Gasteiger partial charge in [-0.05, 0) is 56.3 Å². The zero-order valence-electron chi connectivity index (χ0n) is 13.7. The predicted octanol–water partition coefficient (Wildman–Crippen LogP) is 2.32. The number of anilines is 2. The molecule has 3 rings (SSSR count). The molecule has 2 aromatic rings. The van der Waals surface area contributed by atoms with E-state index < -0.39 is 0 Å². The molecule has 1 unspecified atom stereocenters. The normalized spacial score (nSPS) is 16.6. The van der Waals surface area contributed by atoms with Crippen molar-refractivity contribution in [3.63, 3.8) is 0 Å². The van der Waals surface area contributed by atoms with Gasteiger partial charge in [-0.15, -0.1) is 0 Å². The molecule has 1 saturated heterocycles. The molecule has 0 spiro atoms. The van der Waals surface area contributed by atoms with E-state index in [9.17, 15) is 4.79 Å². The van der Waals surface area contributed by atoms with E-state index in [2.05, 4.69) is 20.9 Å². The molecule has 1 aliphatic heterocycles. The quantitative estimate of drug-likeness (QED) is 0.759. The molecule has 0 radical (unpaired) electrons. The van der Waals surface area contributed by atoms with Gasteiger partial charge in [0.25, 0.3) is 5.91 Å². The third-order valence-corrected chi connectivity index (χ3v) is 3.88. The molecule has 1 atom stereocenters. The number of carbonyl (C=O) groups is 1. The monoisotopic (exact) mass is 326 g/mol. The number of amides is 1. The van der Waals surface area contributed by atoms with Crippen LogP contribution >= 0.6 is 0 Å².